The third-order valence-electron chi connectivity index (χ3n) is 2.49. The minimum atomic E-state index is -0.271. The van der Waals surface area contributed by atoms with Gasteiger partial charge in [0.25, 0.3) is 0 Å². The predicted octanol–water partition coefficient (Wildman–Crippen LogP) is 4.31. The van der Waals surface area contributed by atoms with Gasteiger partial charge in [-0.05, 0) is 17.8 Å². The van der Waals surface area contributed by atoms with Gasteiger partial charge in [0.1, 0.15) is 5.76 Å². The summed E-state index contributed by atoms with van der Waals surface area (Å²) in [6.07, 6.45) is 4.40. The highest BCUT2D eigenvalue weighted by atomic mass is 16.5. The Bertz CT molecular complexity index is 236. The molecule has 0 aliphatic heterocycles. The lowest BCUT2D eigenvalue weighted by atomic mass is 9.87. The largest absolute Gasteiger partial charge is 0.432 e. The highest BCUT2D eigenvalue weighted by molar-refractivity contribution is 5.67. The van der Waals surface area contributed by atoms with E-state index in [9.17, 15) is 4.79 Å². The lowest BCUT2D eigenvalue weighted by molar-refractivity contribution is -0.137. The molecule has 2 heteroatoms. The molecule has 0 heterocycles. The molecule has 1 unspecified atom stereocenters. The maximum atomic E-state index is 10.7. The molecular weight excluding hydrogens is 200 g/mol. The fraction of sp³-hybridized carbons (Fsp3) is 0.786. The predicted molar refractivity (Wildman–Crippen MR) is 68.0 cm³/mol. The van der Waals surface area contributed by atoms with Crippen LogP contribution in [0.5, 0.6) is 0 Å². The first kappa shape index (κ1) is 15.2. The molecular formula is C14H26O2. The molecule has 0 amide bonds. The molecule has 94 valence electrons. The Labute approximate surface area is 100 Å². The Morgan fingerprint density at radius 3 is 2.38 bits per heavy atom. The topological polar surface area (TPSA) is 26.3 Å². The van der Waals surface area contributed by atoms with Crippen LogP contribution in [-0.2, 0) is 9.53 Å². The Kier molecular flexibility index (Phi) is 6.39. The molecule has 0 fully saturated rings. The maximum absolute atomic E-state index is 10.7. The van der Waals surface area contributed by atoms with E-state index in [1.165, 1.54) is 19.8 Å². The Morgan fingerprint density at radius 1 is 1.38 bits per heavy atom. The van der Waals surface area contributed by atoms with Gasteiger partial charge in [0.2, 0.25) is 0 Å². The lowest BCUT2D eigenvalue weighted by Gasteiger charge is -2.19. The number of hydrogen-bond acceptors (Lipinski definition) is 2. The van der Waals surface area contributed by atoms with Crippen LogP contribution in [0.2, 0.25) is 0 Å². The van der Waals surface area contributed by atoms with Crippen molar-refractivity contribution < 1.29 is 9.53 Å². The summed E-state index contributed by atoms with van der Waals surface area (Å²) < 4.78 is 4.93. The summed E-state index contributed by atoms with van der Waals surface area (Å²) in [6, 6.07) is 0. The van der Waals surface area contributed by atoms with Crippen LogP contribution in [0.25, 0.3) is 0 Å². The van der Waals surface area contributed by atoms with Crippen molar-refractivity contribution in [3.63, 3.8) is 0 Å². The van der Waals surface area contributed by atoms with E-state index in [0.29, 0.717) is 17.1 Å². The van der Waals surface area contributed by atoms with E-state index < -0.39 is 0 Å². The molecule has 0 radical (unpaired) electrons. The summed E-state index contributed by atoms with van der Waals surface area (Å²) >= 11 is 0. The molecule has 1 atom stereocenters. The second-order valence-corrected chi connectivity index (χ2v) is 5.89. The highest BCUT2D eigenvalue weighted by Crippen LogP contribution is 2.25. The van der Waals surface area contributed by atoms with Crippen molar-refractivity contribution in [3.05, 3.63) is 12.3 Å². The second-order valence-electron chi connectivity index (χ2n) is 5.89. The van der Waals surface area contributed by atoms with Gasteiger partial charge < -0.3 is 4.74 Å². The van der Waals surface area contributed by atoms with Crippen molar-refractivity contribution in [2.45, 2.75) is 60.3 Å². The summed E-state index contributed by atoms with van der Waals surface area (Å²) in [5.74, 6) is 0.858. The molecule has 2 nitrogen and oxygen atoms in total. The number of carbonyl (C=O) groups excluding carboxylic acids is 1. The van der Waals surface area contributed by atoms with Gasteiger partial charge in [-0.15, -0.1) is 0 Å². The van der Waals surface area contributed by atoms with Crippen molar-refractivity contribution >= 4 is 5.97 Å². The van der Waals surface area contributed by atoms with Gasteiger partial charge in [-0.1, -0.05) is 47.1 Å². The number of carbonyl (C=O) groups is 1. The van der Waals surface area contributed by atoms with Crippen LogP contribution in [0.15, 0.2) is 12.3 Å². The first-order valence-corrected chi connectivity index (χ1v) is 6.07. The molecule has 0 saturated heterocycles. The summed E-state index contributed by atoms with van der Waals surface area (Å²) in [5.41, 5.74) is 0.409. The molecule has 0 aromatic rings. The summed E-state index contributed by atoms with van der Waals surface area (Å²) in [5, 5.41) is 0. The number of esters is 1. The minimum absolute atomic E-state index is 0.271. The van der Waals surface area contributed by atoms with E-state index in [0.717, 1.165) is 12.8 Å². The van der Waals surface area contributed by atoms with Gasteiger partial charge in [0.05, 0.1) is 0 Å². The van der Waals surface area contributed by atoms with Crippen molar-refractivity contribution in [2.24, 2.45) is 11.3 Å². The molecule has 0 rings (SSSR count). The third kappa shape index (κ3) is 9.75. The summed E-state index contributed by atoms with van der Waals surface area (Å²) in [4.78, 5) is 10.7. The van der Waals surface area contributed by atoms with Crippen molar-refractivity contribution in [1.29, 1.82) is 0 Å². The Balaban J connectivity index is 3.70. The quantitative estimate of drug-likeness (QED) is 0.498. The zero-order valence-corrected chi connectivity index (χ0v) is 11.4. The second kappa shape index (κ2) is 6.72. The fourth-order valence-corrected chi connectivity index (χ4v) is 1.72. The van der Waals surface area contributed by atoms with E-state index >= 15 is 0 Å². The Hall–Kier alpha value is -0.790. The maximum Gasteiger partial charge on any atom is 0.307 e. The van der Waals surface area contributed by atoms with Gasteiger partial charge in [0, 0.05) is 13.3 Å². The molecule has 0 saturated carbocycles. The van der Waals surface area contributed by atoms with Crippen LogP contribution < -0.4 is 0 Å². The molecule has 0 aromatic heterocycles. The van der Waals surface area contributed by atoms with E-state index in [1.54, 1.807) is 0 Å². The van der Waals surface area contributed by atoms with E-state index in [1.807, 2.05) is 0 Å². The van der Waals surface area contributed by atoms with Crippen LogP contribution in [0, 0.1) is 11.3 Å². The van der Waals surface area contributed by atoms with E-state index in [4.69, 9.17) is 4.74 Å². The van der Waals surface area contributed by atoms with Crippen molar-refractivity contribution in [2.75, 3.05) is 0 Å². The third-order valence-corrected chi connectivity index (χ3v) is 2.49. The van der Waals surface area contributed by atoms with Crippen LogP contribution in [0.4, 0.5) is 0 Å². The van der Waals surface area contributed by atoms with E-state index in [2.05, 4.69) is 34.3 Å². The number of hydrogen-bond donors (Lipinski definition) is 0. The zero-order chi connectivity index (χ0) is 12.8. The van der Waals surface area contributed by atoms with Gasteiger partial charge in [-0.2, -0.15) is 0 Å². The number of allylic oxidation sites excluding steroid dienone is 1. The summed E-state index contributed by atoms with van der Waals surface area (Å²) in [6.45, 7) is 14.1. The molecule has 0 spiro atoms. The van der Waals surface area contributed by atoms with Gasteiger partial charge in [-0.3, -0.25) is 4.79 Å². The fourth-order valence-electron chi connectivity index (χ4n) is 1.72. The zero-order valence-electron chi connectivity index (χ0n) is 11.4. The molecule has 16 heavy (non-hydrogen) atoms. The van der Waals surface area contributed by atoms with Crippen LogP contribution >= 0.6 is 0 Å². The average Bonchev–Trinajstić information content (AvgIpc) is 1.98. The highest BCUT2D eigenvalue weighted by Gasteiger charge is 2.12. The number of ether oxygens (including phenoxy) is 1. The first-order chi connectivity index (χ1) is 7.20. The first-order valence-electron chi connectivity index (χ1n) is 6.07. The molecule has 0 bridgehead atoms. The SMILES string of the molecule is C=C(CC(C)CCCC(C)(C)C)OC(C)=O. The average molecular weight is 226 g/mol. The normalized spacial score (nSPS) is 13.3. The lowest BCUT2D eigenvalue weighted by Crippen LogP contribution is -2.07. The summed E-state index contributed by atoms with van der Waals surface area (Å²) in [7, 11) is 0. The van der Waals surface area contributed by atoms with Gasteiger partial charge in [0.15, 0.2) is 0 Å². The number of rotatable bonds is 6. The Morgan fingerprint density at radius 2 is 1.94 bits per heavy atom. The standard InChI is InChI=1S/C14H26O2/c1-11(8-7-9-14(4,5)6)10-12(2)16-13(3)15/h11H,2,7-10H2,1,3-6H3. The molecule has 0 aliphatic carbocycles. The van der Waals surface area contributed by atoms with Gasteiger partial charge >= 0.3 is 5.97 Å². The van der Waals surface area contributed by atoms with Crippen LogP contribution in [0.1, 0.15) is 60.3 Å². The van der Waals surface area contributed by atoms with E-state index in [-0.39, 0.29) is 5.97 Å². The monoisotopic (exact) mass is 226 g/mol. The molecule has 0 aromatic carbocycles. The van der Waals surface area contributed by atoms with Crippen LogP contribution in [-0.4, -0.2) is 5.97 Å². The molecule has 0 N–H and O–H groups in total. The molecule has 0 aliphatic rings. The van der Waals surface area contributed by atoms with Crippen molar-refractivity contribution in [1.82, 2.24) is 0 Å². The minimum Gasteiger partial charge on any atom is -0.432 e. The van der Waals surface area contributed by atoms with Gasteiger partial charge in [-0.25, -0.2) is 0 Å². The van der Waals surface area contributed by atoms with Crippen molar-refractivity contribution in [3.8, 4) is 0 Å². The smallest absolute Gasteiger partial charge is 0.307 e. The van der Waals surface area contributed by atoms with Crippen LogP contribution in [0.3, 0.4) is 0 Å².